The lowest BCUT2D eigenvalue weighted by atomic mass is 9.93. The Hall–Kier alpha value is -4.25. The van der Waals surface area contributed by atoms with Crippen LogP contribution in [0, 0.1) is 11.6 Å². The minimum absolute atomic E-state index is 0.0326. The number of anilines is 1. The van der Waals surface area contributed by atoms with Gasteiger partial charge in [-0.1, -0.05) is 11.6 Å². The molecule has 2 N–H and O–H groups in total. The molecule has 1 aromatic heterocycles. The van der Waals surface area contributed by atoms with Crippen molar-refractivity contribution in [2.45, 2.75) is 12.2 Å². The van der Waals surface area contributed by atoms with Gasteiger partial charge in [0.1, 0.15) is 11.6 Å². The maximum atomic E-state index is 14.1. The molecule has 3 aromatic carbocycles. The van der Waals surface area contributed by atoms with Crippen molar-refractivity contribution >= 4 is 29.1 Å². The molecule has 1 aliphatic heterocycles. The van der Waals surface area contributed by atoms with Crippen LogP contribution in [0.4, 0.5) is 27.6 Å². The molecule has 5 rings (SSSR count). The largest absolute Gasteiger partial charge is 0.416 e. The van der Waals surface area contributed by atoms with Gasteiger partial charge < -0.3 is 10.6 Å². The first-order valence-corrected chi connectivity index (χ1v) is 11.4. The lowest BCUT2D eigenvalue weighted by Crippen LogP contribution is -2.21. The fraction of sp³-hybridized carbons (Fsp3) is 0.115. The summed E-state index contributed by atoms with van der Waals surface area (Å²) in [4.78, 5) is 26.1. The molecule has 6 nitrogen and oxygen atoms in total. The van der Waals surface area contributed by atoms with Gasteiger partial charge in [0.15, 0.2) is 0 Å². The topological polar surface area (TPSA) is 76.0 Å². The molecule has 0 saturated carbocycles. The van der Waals surface area contributed by atoms with E-state index in [2.05, 4.69) is 15.7 Å². The van der Waals surface area contributed by atoms with E-state index in [-0.39, 0.29) is 33.5 Å². The third-order valence-electron chi connectivity index (χ3n) is 6.11. The lowest BCUT2D eigenvalue weighted by molar-refractivity contribution is -0.137. The van der Waals surface area contributed by atoms with Gasteiger partial charge in [0.25, 0.3) is 11.8 Å². The summed E-state index contributed by atoms with van der Waals surface area (Å²) in [6.07, 6.45) is -3.37. The number of aromatic nitrogens is 2. The maximum Gasteiger partial charge on any atom is 0.416 e. The fourth-order valence-electron chi connectivity index (χ4n) is 4.39. The number of carbonyl (C=O) groups is 2. The molecule has 1 aliphatic rings. The Bertz CT molecular complexity index is 1620. The molecule has 2 amide bonds. The van der Waals surface area contributed by atoms with Gasteiger partial charge in [-0.05, 0) is 54.6 Å². The smallest absolute Gasteiger partial charge is 0.341 e. The molecule has 0 bridgehead atoms. The molecular weight excluding hydrogens is 531 g/mol. The van der Waals surface area contributed by atoms with Crippen LogP contribution in [-0.2, 0) is 13.2 Å². The molecule has 12 heteroatoms. The zero-order chi connectivity index (χ0) is 27.4. The molecule has 194 valence electrons. The summed E-state index contributed by atoms with van der Waals surface area (Å²) in [5.74, 6) is -3.47. The van der Waals surface area contributed by atoms with Crippen LogP contribution >= 0.6 is 11.6 Å². The highest BCUT2D eigenvalue weighted by atomic mass is 35.5. The van der Waals surface area contributed by atoms with Crippen molar-refractivity contribution in [2.24, 2.45) is 7.05 Å². The Balaban J connectivity index is 1.66. The summed E-state index contributed by atoms with van der Waals surface area (Å²) < 4.78 is 69.3. The van der Waals surface area contributed by atoms with E-state index in [4.69, 9.17) is 11.6 Å². The summed E-state index contributed by atoms with van der Waals surface area (Å²) >= 11 is 6.29. The molecular formula is C26H16ClF5N4O2. The number of carbonyl (C=O) groups excluding carboxylic acids is 2. The number of hydrogen-bond acceptors (Lipinski definition) is 3. The first-order valence-electron chi connectivity index (χ1n) is 11.0. The van der Waals surface area contributed by atoms with Gasteiger partial charge in [0.05, 0.1) is 17.3 Å². The van der Waals surface area contributed by atoms with Crippen LogP contribution in [-0.4, -0.2) is 21.6 Å². The summed E-state index contributed by atoms with van der Waals surface area (Å²) in [6.45, 7) is 0. The van der Waals surface area contributed by atoms with E-state index in [9.17, 15) is 31.5 Å². The van der Waals surface area contributed by atoms with Crippen molar-refractivity contribution in [3.05, 3.63) is 105 Å². The molecule has 38 heavy (non-hydrogen) atoms. The van der Waals surface area contributed by atoms with Gasteiger partial charge in [-0.15, -0.1) is 0 Å². The first kappa shape index (κ1) is 25.4. The minimum Gasteiger partial charge on any atom is -0.341 e. The van der Waals surface area contributed by atoms with E-state index in [1.54, 1.807) is 19.2 Å². The number of rotatable bonds is 4. The second-order valence-electron chi connectivity index (χ2n) is 8.58. The van der Waals surface area contributed by atoms with Crippen molar-refractivity contribution < 1.29 is 31.5 Å². The van der Waals surface area contributed by atoms with E-state index in [0.29, 0.717) is 23.4 Å². The average Bonchev–Trinajstić information content (AvgIpc) is 3.42. The number of fused-ring (bicyclic) bond motifs is 1. The van der Waals surface area contributed by atoms with E-state index in [0.717, 1.165) is 12.1 Å². The van der Waals surface area contributed by atoms with Gasteiger partial charge in [-0.3, -0.25) is 14.3 Å². The average molecular weight is 547 g/mol. The molecule has 0 spiro atoms. The molecule has 1 unspecified atom stereocenters. The van der Waals surface area contributed by atoms with Crippen LogP contribution in [0.15, 0.2) is 60.8 Å². The summed E-state index contributed by atoms with van der Waals surface area (Å²) in [7, 11) is 1.65. The molecule has 0 aliphatic carbocycles. The van der Waals surface area contributed by atoms with Crippen LogP contribution in [0.25, 0.3) is 11.3 Å². The van der Waals surface area contributed by atoms with Crippen molar-refractivity contribution in [3.63, 3.8) is 0 Å². The van der Waals surface area contributed by atoms with Gasteiger partial charge >= 0.3 is 6.18 Å². The summed E-state index contributed by atoms with van der Waals surface area (Å²) in [6, 6.07) is 8.76. The van der Waals surface area contributed by atoms with Crippen molar-refractivity contribution in [1.29, 1.82) is 0 Å². The van der Waals surface area contributed by atoms with Crippen LogP contribution in [0.5, 0.6) is 0 Å². The second-order valence-corrected chi connectivity index (χ2v) is 8.99. The molecule has 0 saturated heterocycles. The van der Waals surface area contributed by atoms with Crippen LogP contribution in [0.2, 0.25) is 5.02 Å². The van der Waals surface area contributed by atoms with Gasteiger partial charge in [0.2, 0.25) is 0 Å². The molecule has 2 heterocycles. The monoisotopic (exact) mass is 546 g/mol. The standard InChI is InChI=1S/C26H16ClF5N4O2/c1-36-21(4-5-33-36)12-8-18-22(23(35-25(18)38)17-11-15(28)2-3-19(17)27)20(9-12)34-24(37)13-6-14(26(30,31)32)10-16(29)7-13/h2-11,23H,1H3,(H,34,37)(H,35,38). The Morgan fingerprint density at radius 1 is 1.05 bits per heavy atom. The third kappa shape index (κ3) is 4.60. The number of alkyl halides is 3. The van der Waals surface area contributed by atoms with E-state index in [1.165, 1.54) is 23.0 Å². The predicted octanol–water partition coefficient (Wildman–Crippen LogP) is 6.12. The van der Waals surface area contributed by atoms with Gasteiger partial charge in [0, 0.05) is 51.8 Å². The van der Waals surface area contributed by atoms with Gasteiger partial charge in [-0.2, -0.15) is 18.3 Å². The minimum atomic E-state index is -4.88. The van der Waals surface area contributed by atoms with Crippen LogP contribution in [0.1, 0.15) is 43.4 Å². The van der Waals surface area contributed by atoms with Crippen molar-refractivity contribution in [1.82, 2.24) is 15.1 Å². The zero-order valence-corrected chi connectivity index (χ0v) is 20.1. The van der Waals surface area contributed by atoms with E-state index < -0.39 is 46.8 Å². The summed E-state index contributed by atoms with van der Waals surface area (Å²) in [5, 5.41) is 9.45. The Kier molecular flexibility index (Phi) is 6.18. The quantitative estimate of drug-likeness (QED) is 0.303. The number of nitrogens with zero attached hydrogens (tertiary/aromatic N) is 2. The van der Waals surface area contributed by atoms with Crippen LogP contribution in [0.3, 0.4) is 0 Å². The normalized spacial score (nSPS) is 14.8. The highest BCUT2D eigenvalue weighted by Gasteiger charge is 2.36. The number of halogens is 6. The van der Waals surface area contributed by atoms with Crippen LogP contribution < -0.4 is 10.6 Å². The highest BCUT2D eigenvalue weighted by Crippen LogP contribution is 2.42. The number of nitrogens with one attached hydrogen (secondary N) is 2. The second kappa shape index (κ2) is 9.25. The molecule has 1 atom stereocenters. The first-order chi connectivity index (χ1) is 17.9. The predicted molar refractivity (Wildman–Crippen MR) is 129 cm³/mol. The Morgan fingerprint density at radius 3 is 2.50 bits per heavy atom. The third-order valence-corrected chi connectivity index (χ3v) is 6.45. The molecule has 0 radical (unpaired) electrons. The van der Waals surface area contributed by atoms with E-state index in [1.807, 2.05) is 0 Å². The van der Waals surface area contributed by atoms with Crippen molar-refractivity contribution in [3.8, 4) is 11.3 Å². The number of benzene rings is 3. The number of aryl methyl sites for hydroxylation is 1. The maximum absolute atomic E-state index is 14.1. The molecule has 0 fully saturated rings. The zero-order valence-electron chi connectivity index (χ0n) is 19.3. The molecule has 4 aromatic rings. The summed E-state index contributed by atoms with van der Waals surface area (Å²) in [5.41, 5.74) is -0.331. The number of hydrogen-bond donors (Lipinski definition) is 2. The van der Waals surface area contributed by atoms with Gasteiger partial charge in [-0.25, -0.2) is 8.78 Å². The Labute approximate surface area is 217 Å². The van der Waals surface area contributed by atoms with Crippen molar-refractivity contribution in [2.75, 3.05) is 5.32 Å². The fourth-order valence-corrected chi connectivity index (χ4v) is 4.62. The lowest BCUT2D eigenvalue weighted by Gasteiger charge is -2.19. The van der Waals surface area contributed by atoms with E-state index >= 15 is 0 Å². The highest BCUT2D eigenvalue weighted by molar-refractivity contribution is 6.31. The Morgan fingerprint density at radius 2 is 1.82 bits per heavy atom. The SMILES string of the molecule is Cn1nccc1-c1cc(NC(=O)c2cc(F)cc(C(F)(F)F)c2)c2c(c1)C(=O)NC2c1cc(F)ccc1Cl. The number of amides is 2.